The van der Waals surface area contributed by atoms with E-state index in [4.69, 9.17) is 11.5 Å². The summed E-state index contributed by atoms with van der Waals surface area (Å²) in [5.41, 5.74) is 12.0. The molecule has 0 heterocycles. The van der Waals surface area contributed by atoms with Gasteiger partial charge in [0.25, 0.3) is 0 Å². The second kappa shape index (κ2) is 5.26. The molecule has 100 valence electrons. The maximum Gasteiger partial charge on any atom is 0.220 e. The van der Waals surface area contributed by atoms with Crippen LogP contribution in [0, 0.1) is 0 Å². The number of anilines is 1. The lowest BCUT2D eigenvalue weighted by Crippen LogP contribution is -2.25. The molecule has 0 aromatic heterocycles. The number of carbonyl (C=O) groups excluding carboxylic acids is 1. The molecular formula is C14H16N2O3. The van der Waals surface area contributed by atoms with Crippen LogP contribution in [0.25, 0.3) is 10.8 Å². The molecule has 0 aliphatic carbocycles. The van der Waals surface area contributed by atoms with E-state index in [1.807, 2.05) is 6.07 Å². The number of hydrogen-bond donors (Lipinski definition) is 4. The van der Waals surface area contributed by atoms with Gasteiger partial charge in [0, 0.05) is 11.1 Å². The van der Waals surface area contributed by atoms with Gasteiger partial charge in [-0.05, 0) is 17.0 Å². The lowest BCUT2D eigenvalue weighted by molar-refractivity contribution is -0.121. The minimum absolute atomic E-state index is 0.292. The summed E-state index contributed by atoms with van der Waals surface area (Å²) in [6, 6.07) is 10.6. The molecule has 2 atom stereocenters. The summed E-state index contributed by atoms with van der Waals surface area (Å²) in [4.78, 5) is 10.8. The SMILES string of the molecule is NC(=O)CC(O)C(O)c1cccc2c(N)cccc12. The molecule has 0 saturated heterocycles. The summed E-state index contributed by atoms with van der Waals surface area (Å²) in [6.45, 7) is 0. The van der Waals surface area contributed by atoms with Crippen LogP contribution in [0.1, 0.15) is 18.1 Å². The standard InChI is InChI=1S/C14H16N2O3/c15-11-6-2-3-8-9(11)4-1-5-10(8)14(19)12(17)7-13(16)18/h1-6,12,14,17,19H,7,15H2,(H2,16,18). The largest absolute Gasteiger partial charge is 0.398 e. The Labute approximate surface area is 110 Å². The van der Waals surface area contributed by atoms with Crippen LogP contribution in [0.5, 0.6) is 0 Å². The predicted octanol–water partition coefficient (Wildman–Crippen LogP) is 0.692. The molecule has 0 saturated carbocycles. The van der Waals surface area contributed by atoms with E-state index in [9.17, 15) is 15.0 Å². The molecule has 2 rings (SSSR count). The van der Waals surface area contributed by atoms with Crippen molar-refractivity contribution in [3.05, 3.63) is 42.0 Å². The van der Waals surface area contributed by atoms with E-state index in [0.717, 1.165) is 10.8 Å². The molecule has 0 spiro atoms. The molecule has 2 unspecified atom stereocenters. The van der Waals surface area contributed by atoms with Crippen LogP contribution < -0.4 is 11.5 Å². The highest BCUT2D eigenvalue weighted by Crippen LogP contribution is 2.30. The Morgan fingerprint density at radius 1 is 1.11 bits per heavy atom. The van der Waals surface area contributed by atoms with Crippen molar-refractivity contribution in [1.29, 1.82) is 0 Å². The molecule has 2 aromatic rings. The number of aliphatic hydroxyl groups excluding tert-OH is 2. The minimum Gasteiger partial charge on any atom is -0.398 e. The Balaban J connectivity index is 2.45. The number of amides is 1. The van der Waals surface area contributed by atoms with Gasteiger partial charge in [-0.2, -0.15) is 0 Å². The van der Waals surface area contributed by atoms with Crippen LogP contribution in [-0.2, 0) is 4.79 Å². The Morgan fingerprint density at radius 3 is 2.42 bits per heavy atom. The topological polar surface area (TPSA) is 110 Å². The van der Waals surface area contributed by atoms with Crippen LogP contribution >= 0.6 is 0 Å². The van der Waals surface area contributed by atoms with Crippen molar-refractivity contribution in [3.8, 4) is 0 Å². The zero-order chi connectivity index (χ0) is 14.0. The molecule has 19 heavy (non-hydrogen) atoms. The van der Waals surface area contributed by atoms with Gasteiger partial charge in [-0.1, -0.05) is 30.3 Å². The van der Waals surface area contributed by atoms with E-state index >= 15 is 0 Å². The van der Waals surface area contributed by atoms with E-state index in [0.29, 0.717) is 11.3 Å². The summed E-state index contributed by atoms with van der Waals surface area (Å²) in [6.07, 6.45) is -2.71. The lowest BCUT2D eigenvalue weighted by atomic mass is 9.95. The van der Waals surface area contributed by atoms with Crippen LogP contribution in [0.3, 0.4) is 0 Å². The van der Waals surface area contributed by atoms with Gasteiger partial charge in [-0.25, -0.2) is 0 Å². The van der Waals surface area contributed by atoms with Gasteiger partial charge in [0.05, 0.1) is 12.5 Å². The quantitative estimate of drug-likeness (QED) is 0.606. The first-order valence-corrected chi connectivity index (χ1v) is 5.92. The number of carbonyl (C=O) groups is 1. The van der Waals surface area contributed by atoms with Crippen LogP contribution in [0.15, 0.2) is 36.4 Å². The third-order valence-electron chi connectivity index (χ3n) is 3.08. The summed E-state index contributed by atoms with van der Waals surface area (Å²) >= 11 is 0. The summed E-state index contributed by atoms with van der Waals surface area (Å²) in [5, 5.41) is 21.5. The highest BCUT2D eigenvalue weighted by Gasteiger charge is 2.22. The minimum atomic E-state index is -1.23. The molecule has 2 aromatic carbocycles. The average Bonchev–Trinajstić information content (AvgIpc) is 2.37. The van der Waals surface area contributed by atoms with Crippen molar-refractivity contribution in [1.82, 2.24) is 0 Å². The third-order valence-corrected chi connectivity index (χ3v) is 3.08. The number of hydrogen-bond acceptors (Lipinski definition) is 4. The van der Waals surface area contributed by atoms with Crippen molar-refractivity contribution < 1.29 is 15.0 Å². The zero-order valence-electron chi connectivity index (χ0n) is 10.3. The number of fused-ring (bicyclic) bond motifs is 1. The van der Waals surface area contributed by atoms with Gasteiger partial charge in [0.2, 0.25) is 5.91 Å². The van der Waals surface area contributed by atoms with Crippen LogP contribution in [0.2, 0.25) is 0 Å². The summed E-state index contributed by atoms with van der Waals surface area (Å²) < 4.78 is 0. The van der Waals surface area contributed by atoms with Crippen molar-refractivity contribution in [2.75, 3.05) is 5.73 Å². The van der Waals surface area contributed by atoms with Crippen molar-refractivity contribution in [3.63, 3.8) is 0 Å². The maximum absolute atomic E-state index is 10.8. The number of nitrogens with two attached hydrogens (primary N) is 2. The highest BCUT2D eigenvalue weighted by atomic mass is 16.3. The third kappa shape index (κ3) is 2.67. The molecule has 0 fully saturated rings. The first-order valence-electron chi connectivity index (χ1n) is 5.92. The Hall–Kier alpha value is -2.11. The Kier molecular flexibility index (Phi) is 3.69. The fourth-order valence-corrected chi connectivity index (χ4v) is 2.14. The normalized spacial score (nSPS) is 14.2. The Morgan fingerprint density at radius 2 is 1.74 bits per heavy atom. The number of rotatable bonds is 4. The van der Waals surface area contributed by atoms with E-state index in [1.165, 1.54) is 0 Å². The lowest BCUT2D eigenvalue weighted by Gasteiger charge is -2.19. The van der Waals surface area contributed by atoms with E-state index < -0.39 is 18.1 Å². The van der Waals surface area contributed by atoms with Crippen LogP contribution in [0.4, 0.5) is 5.69 Å². The van der Waals surface area contributed by atoms with Gasteiger partial charge in [0.1, 0.15) is 6.10 Å². The number of benzene rings is 2. The molecule has 6 N–H and O–H groups in total. The fraction of sp³-hybridized carbons (Fsp3) is 0.214. The predicted molar refractivity (Wildman–Crippen MR) is 73.1 cm³/mol. The number of nitrogen functional groups attached to an aromatic ring is 1. The maximum atomic E-state index is 10.8. The highest BCUT2D eigenvalue weighted by molar-refractivity contribution is 5.95. The zero-order valence-corrected chi connectivity index (χ0v) is 10.3. The monoisotopic (exact) mass is 260 g/mol. The van der Waals surface area contributed by atoms with Gasteiger partial charge >= 0.3 is 0 Å². The average molecular weight is 260 g/mol. The molecule has 0 aliphatic heterocycles. The molecule has 5 nitrogen and oxygen atoms in total. The second-order valence-electron chi connectivity index (χ2n) is 4.47. The summed E-state index contributed by atoms with van der Waals surface area (Å²) in [5.74, 6) is -0.661. The number of aliphatic hydroxyl groups is 2. The van der Waals surface area contributed by atoms with Crippen molar-refractivity contribution in [2.24, 2.45) is 5.73 Å². The smallest absolute Gasteiger partial charge is 0.220 e. The van der Waals surface area contributed by atoms with Gasteiger partial charge in [-0.3, -0.25) is 4.79 Å². The number of primary amides is 1. The van der Waals surface area contributed by atoms with E-state index in [2.05, 4.69) is 0 Å². The first-order chi connectivity index (χ1) is 9.00. The fourth-order valence-electron chi connectivity index (χ4n) is 2.14. The molecule has 1 amide bonds. The van der Waals surface area contributed by atoms with Crippen molar-refractivity contribution in [2.45, 2.75) is 18.6 Å². The first kappa shape index (κ1) is 13.3. The Bertz CT molecular complexity index is 613. The summed E-state index contributed by atoms with van der Waals surface area (Å²) in [7, 11) is 0. The van der Waals surface area contributed by atoms with Crippen molar-refractivity contribution >= 4 is 22.4 Å². The molecule has 0 aliphatic rings. The van der Waals surface area contributed by atoms with Crippen LogP contribution in [-0.4, -0.2) is 22.2 Å². The van der Waals surface area contributed by atoms with E-state index in [1.54, 1.807) is 30.3 Å². The molecule has 0 bridgehead atoms. The molecule has 0 radical (unpaired) electrons. The molecule has 5 heteroatoms. The van der Waals surface area contributed by atoms with Gasteiger partial charge < -0.3 is 21.7 Å². The van der Waals surface area contributed by atoms with E-state index in [-0.39, 0.29) is 6.42 Å². The molecular weight excluding hydrogens is 244 g/mol. The van der Waals surface area contributed by atoms with Gasteiger partial charge in [0.15, 0.2) is 0 Å². The second-order valence-corrected chi connectivity index (χ2v) is 4.47. The van der Waals surface area contributed by atoms with Gasteiger partial charge in [-0.15, -0.1) is 0 Å².